The van der Waals surface area contributed by atoms with E-state index < -0.39 is 0 Å². The fourth-order valence-corrected chi connectivity index (χ4v) is 1.13. The third kappa shape index (κ3) is 2.89. The SMILES string of the molecule is C=C(/C=C(/N)NC)c1cccc(C#N)c1. The lowest BCUT2D eigenvalue weighted by Crippen LogP contribution is -2.14. The second-order valence-electron chi connectivity index (χ2n) is 3.07. The van der Waals surface area contributed by atoms with Crippen molar-refractivity contribution in [2.75, 3.05) is 7.05 Å². The van der Waals surface area contributed by atoms with E-state index in [2.05, 4.69) is 18.0 Å². The van der Waals surface area contributed by atoms with E-state index in [9.17, 15) is 0 Å². The molecule has 0 aliphatic rings. The van der Waals surface area contributed by atoms with Crippen LogP contribution < -0.4 is 11.1 Å². The topological polar surface area (TPSA) is 61.8 Å². The molecule has 1 aromatic carbocycles. The van der Waals surface area contributed by atoms with Gasteiger partial charge in [-0.25, -0.2) is 0 Å². The van der Waals surface area contributed by atoms with Gasteiger partial charge in [0, 0.05) is 7.05 Å². The Morgan fingerprint density at radius 1 is 1.60 bits per heavy atom. The summed E-state index contributed by atoms with van der Waals surface area (Å²) in [6.07, 6.45) is 1.73. The lowest BCUT2D eigenvalue weighted by Gasteiger charge is -2.03. The fourth-order valence-electron chi connectivity index (χ4n) is 1.13. The van der Waals surface area contributed by atoms with Crippen molar-refractivity contribution in [3.05, 3.63) is 53.9 Å². The molecule has 0 radical (unpaired) electrons. The molecule has 3 nitrogen and oxygen atoms in total. The van der Waals surface area contributed by atoms with Gasteiger partial charge in [0.1, 0.15) is 0 Å². The number of nitrogens with zero attached hydrogens (tertiary/aromatic N) is 1. The molecule has 0 amide bonds. The monoisotopic (exact) mass is 199 g/mol. The van der Waals surface area contributed by atoms with E-state index in [0.717, 1.165) is 11.1 Å². The van der Waals surface area contributed by atoms with Crippen LogP contribution in [0.3, 0.4) is 0 Å². The van der Waals surface area contributed by atoms with Gasteiger partial charge in [-0.2, -0.15) is 5.26 Å². The molecule has 0 spiro atoms. The molecule has 0 aliphatic heterocycles. The molecule has 3 N–H and O–H groups in total. The second-order valence-corrected chi connectivity index (χ2v) is 3.07. The highest BCUT2D eigenvalue weighted by Crippen LogP contribution is 2.15. The molecule has 0 saturated carbocycles. The third-order valence-corrected chi connectivity index (χ3v) is 1.98. The maximum Gasteiger partial charge on any atom is 0.0991 e. The van der Waals surface area contributed by atoms with E-state index in [1.165, 1.54) is 0 Å². The van der Waals surface area contributed by atoms with E-state index in [4.69, 9.17) is 11.0 Å². The zero-order valence-corrected chi connectivity index (χ0v) is 8.62. The number of hydrogen-bond acceptors (Lipinski definition) is 3. The Labute approximate surface area is 89.5 Å². The molecule has 0 fully saturated rings. The Morgan fingerprint density at radius 3 is 2.93 bits per heavy atom. The number of nitrogens with one attached hydrogen (secondary N) is 1. The van der Waals surface area contributed by atoms with Crippen molar-refractivity contribution >= 4 is 5.57 Å². The summed E-state index contributed by atoms with van der Waals surface area (Å²) in [5.74, 6) is 0.544. The summed E-state index contributed by atoms with van der Waals surface area (Å²) in [7, 11) is 1.74. The summed E-state index contributed by atoms with van der Waals surface area (Å²) in [4.78, 5) is 0. The van der Waals surface area contributed by atoms with Crippen molar-refractivity contribution in [2.45, 2.75) is 0 Å². The molecule has 0 aliphatic carbocycles. The van der Waals surface area contributed by atoms with Crippen LogP contribution in [0.15, 0.2) is 42.7 Å². The summed E-state index contributed by atoms with van der Waals surface area (Å²) >= 11 is 0. The fraction of sp³-hybridized carbons (Fsp3) is 0.0833. The van der Waals surface area contributed by atoms with Crippen LogP contribution in [0.5, 0.6) is 0 Å². The maximum atomic E-state index is 8.74. The normalized spacial score (nSPS) is 10.5. The quantitative estimate of drug-likeness (QED) is 0.727. The number of hydrogen-bond donors (Lipinski definition) is 2. The first-order chi connectivity index (χ1) is 7.17. The van der Waals surface area contributed by atoms with Crippen LogP contribution >= 0.6 is 0 Å². The van der Waals surface area contributed by atoms with Crippen LogP contribution in [0.4, 0.5) is 0 Å². The third-order valence-electron chi connectivity index (χ3n) is 1.98. The number of benzene rings is 1. The zero-order chi connectivity index (χ0) is 11.3. The van der Waals surface area contributed by atoms with Gasteiger partial charge in [-0.15, -0.1) is 0 Å². The predicted octanol–water partition coefficient (Wildman–Crippen LogP) is 1.59. The molecule has 0 bridgehead atoms. The van der Waals surface area contributed by atoms with E-state index in [1.807, 2.05) is 12.1 Å². The van der Waals surface area contributed by atoms with E-state index >= 15 is 0 Å². The van der Waals surface area contributed by atoms with Crippen LogP contribution in [-0.2, 0) is 0 Å². The van der Waals surface area contributed by atoms with Gasteiger partial charge in [-0.1, -0.05) is 18.7 Å². The van der Waals surface area contributed by atoms with Gasteiger partial charge in [0.25, 0.3) is 0 Å². The first-order valence-corrected chi connectivity index (χ1v) is 4.51. The molecule has 1 aromatic rings. The predicted molar refractivity (Wildman–Crippen MR) is 61.5 cm³/mol. The molecule has 0 heterocycles. The van der Waals surface area contributed by atoms with Crippen molar-refractivity contribution in [1.29, 1.82) is 5.26 Å². The van der Waals surface area contributed by atoms with Crippen molar-refractivity contribution in [2.24, 2.45) is 5.73 Å². The van der Waals surface area contributed by atoms with Gasteiger partial charge in [-0.05, 0) is 29.3 Å². The van der Waals surface area contributed by atoms with E-state index in [0.29, 0.717) is 11.4 Å². The highest BCUT2D eigenvalue weighted by atomic mass is 14.9. The van der Waals surface area contributed by atoms with Crippen LogP contribution in [0.2, 0.25) is 0 Å². The maximum absolute atomic E-state index is 8.74. The molecule has 0 atom stereocenters. The number of nitriles is 1. The Bertz CT molecular complexity index is 438. The van der Waals surface area contributed by atoms with Crippen molar-refractivity contribution in [1.82, 2.24) is 5.32 Å². The number of rotatable bonds is 3. The van der Waals surface area contributed by atoms with E-state index in [-0.39, 0.29) is 0 Å². The van der Waals surface area contributed by atoms with Crippen molar-refractivity contribution in [3.8, 4) is 6.07 Å². The molecular weight excluding hydrogens is 186 g/mol. The minimum absolute atomic E-state index is 0.544. The Hall–Kier alpha value is -2.21. The average molecular weight is 199 g/mol. The minimum Gasteiger partial charge on any atom is -0.386 e. The molecule has 3 heteroatoms. The van der Waals surface area contributed by atoms with Crippen molar-refractivity contribution in [3.63, 3.8) is 0 Å². The van der Waals surface area contributed by atoms with Crippen LogP contribution in [0, 0.1) is 11.3 Å². The van der Waals surface area contributed by atoms with E-state index in [1.54, 1.807) is 25.3 Å². The van der Waals surface area contributed by atoms with Gasteiger partial charge in [0.05, 0.1) is 17.5 Å². The van der Waals surface area contributed by atoms with Crippen LogP contribution in [0.25, 0.3) is 5.57 Å². The van der Waals surface area contributed by atoms with Crippen LogP contribution in [0.1, 0.15) is 11.1 Å². The number of allylic oxidation sites excluding steroid dienone is 2. The average Bonchev–Trinajstić information content (AvgIpc) is 2.28. The van der Waals surface area contributed by atoms with Gasteiger partial charge < -0.3 is 11.1 Å². The first-order valence-electron chi connectivity index (χ1n) is 4.51. The minimum atomic E-state index is 0.544. The summed E-state index contributed by atoms with van der Waals surface area (Å²) in [5, 5.41) is 11.5. The van der Waals surface area contributed by atoms with Crippen LogP contribution in [-0.4, -0.2) is 7.05 Å². The lowest BCUT2D eigenvalue weighted by atomic mass is 10.0. The molecular formula is C12H13N3. The Morgan fingerprint density at radius 2 is 2.33 bits per heavy atom. The standard InChI is InChI=1S/C12H13N3/c1-9(6-12(14)15-2)11-5-3-4-10(7-11)8-13/h3-7,15H,1,14H2,2H3/b12-6-. The smallest absolute Gasteiger partial charge is 0.0991 e. The van der Waals surface area contributed by atoms with Gasteiger partial charge in [0.15, 0.2) is 0 Å². The van der Waals surface area contributed by atoms with Gasteiger partial charge in [0.2, 0.25) is 0 Å². The molecule has 0 aromatic heterocycles. The number of nitrogens with two attached hydrogens (primary N) is 1. The largest absolute Gasteiger partial charge is 0.386 e. The first kappa shape index (κ1) is 10.9. The summed E-state index contributed by atoms with van der Waals surface area (Å²) < 4.78 is 0. The highest BCUT2D eigenvalue weighted by Gasteiger charge is 1.98. The van der Waals surface area contributed by atoms with Crippen molar-refractivity contribution < 1.29 is 0 Å². The molecule has 0 unspecified atom stereocenters. The second kappa shape index (κ2) is 4.87. The highest BCUT2D eigenvalue weighted by molar-refractivity contribution is 5.73. The molecule has 76 valence electrons. The zero-order valence-electron chi connectivity index (χ0n) is 8.62. The van der Waals surface area contributed by atoms with Gasteiger partial charge in [-0.3, -0.25) is 0 Å². The summed E-state index contributed by atoms with van der Waals surface area (Å²) in [6, 6.07) is 9.33. The summed E-state index contributed by atoms with van der Waals surface area (Å²) in [5.41, 5.74) is 7.89. The molecule has 15 heavy (non-hydrogen) atoms. The Balaban J connectivity index is 2.98. The molecule has 1 rings (SSSR count). The summed E-state index contributed by atoms with van der Waals surface area (Å²) in [6.45, 7) is 3.88. The van der Waals surface area contributed by atoms with Gasteiger partial charge >= 0.3 is 0 Å². The molecule has 0 saturated heterocycles. The Kier molecular flexibility index (Phi) is 3.53. The lowest BCUT2D eigenvalue weighted by molar-refractivity contribution is 0.967.